The molecule has 4 aromatic rings. The largest absolute Gasteiger partial charge is 0.497 e. The molecule has 1 amide bonds. The maximum Gasteiger partial charge on any atom is 0.412 e. The number of aliphatic hydroxyl groups is 1. The molecule has 3 N–H and O–H groups in total. The standard InChI is InChI=1S/C42H52FN7O10/c1-41(2,3)24-57-40(54)47-34(44)27-15-13-26(14-16-27)21-31(30-22-29(55-6)23-32(33(30)43)56-20-19-51)35-48-39(50(49-35)38-45-17-10-18-46-38)59-25-58-36(52)42(4,5)37(53)60-28-11-8-7-9-12-28/h10,13-18,22-23,28,31,51H,7-9,11-12,19-21,24-25H2,1-6H3,(H2,44,47,54)/t31-/m1/s1. The third-order valence-electron chi connectivity index (χ3n) is 9.42. The summed E-state index contributed by atoms with van der Waals surface area (Å²) in [7, 11) is 1.41. The second-order valence-electron chi connectivity index (χ2n) is 15.9. The average Bonchev–Trinajstić information content (AvgIpc) is 3.66. The van der Waals surface area contributed by atoms with Crippen LogP contribution in [0.5, 0.6) is 17.5 Å². The Morgan fingerprint density at radius 1 is 0.983 bits per heavy atom. The van der Waals surface area contributed by atoms with E-state index in [9.17, 15) is 19.5 Å². The number of esters is 2. The van der Waals surface area contributed by atoms with E-state index in [0.717, 1.165) is 36.8 Å². The Bertz CT molecular complexity index is 2100. The highest BCUT2D eigenvalue weighted by molar-refractivity contribution is 6.04. The molecule has 0 bridgehead atoms. The van der Waals surface area contributed by atoms with Crippen molar-refractivity contribution in [1.82, 2.24) is 30.0 Å². The number of hydrogen-bond acceptors (Lipinski definition) is 15. The third kappa shape index (κ3) is 12.0. The van der Waals surface area contributed by atoms with Gasteiger partial charge in [0.25, 0.3) is 5.95 Å². The molecule has 0 unspecified atom stereocenters. The molecule has 2 aromatic carbocycles. The lowest BCUT2D eigenvalue weighted by molar-refractivity contribution is -0.177. The lowest BCUT2D eigenvalue weighted by Crippen LogP contribution is -2.39. The predicted molar refractivity (Wildman–Crippen MR) is 214 cm³/mol. The Morgan fingerprint density at radius 2 is 1.68 bits per heavy atom. The fourth-order valence-electron chi connectivity index (χ4n) is 6.07. The van der Waals surface area contributed by atoms with Gasteiger partial charge in [-0.2, -0.15) is 4.98 Å². The molecule has 2 aromatic heterocycles. The molecule has 1 atom stereocenters. The number of nitrogens with zero attached hydrogens (tertiary/aromatic N) is 5. The summed E-state index contributed by atoms with van der Waals surface area (Å²) in [6.07, 6.45) is 6.43. The fraction of sp³-hybridized carbons (Fsp3) is 0.476. The SMILES string of the molecule is COc1cc(OCCO)c(F)c([C@@H](Cc2ccc(C(=N)NC(=O)OCC(C)(C)C)cc2)c2nc(OCOC(=O)C(C)(C)C(=O)OC3CCCCC3)n(-c3ncccn3)n2)c1. The molecule has 0 aliphatic heterocycles. The minimum absolute atomic E-state index is 0.0283. The quantitative estimate of drug-likeness (QED) is 0.0285. The maximum absolute atomic E-state index is 16.5. The van der Waals surface area contributed by atoms with E-state index in [-0.39, 0.29) is 78.4 Å². The summed E-state index contributed by atoms with van der Waals surface area (Å²) in [6, 6.07) is 10.8. The van der Waals surface area contributed by atoms with Crippen molar-refractivity contribution in [3.63, 3.8) is 0 Å². The first-order chi connectivity index (χ1) is 28.6. The van der Waals surface area contributed by atoms with Gasteiger partial charge >= 0.3 is 24.0 Å². The van der Waals surface area contributed by atoms with Crippen LogP contribution in [0.1, 0.15) is 95.2 Å². The van der Waals surface area contributed by atoms with Crippen LogP contribution in [0.3, 0.4) is 0 Å². The van der Waals surface area contributed by atoms with Crippen LogP contribution in [0.25, 0.3) is 5.95 Å². The Balaban J connectivity index is 1.45. The number of carbonyl (C=O) groups excluding carboxylic acids is 3. The molecule has 60 heavy (non-hydrogen) atoms. The minimum atomic E-state index is -1.63. The minimum Gasteiger partial charge on any atom is -0.497 e. The lowest BCUT2D eigenvalue weighted by Gasteiger charge is -2.27. The molecule has 18 heteroatoms. The molecular weight excluding hydrogens is 781 g/mol. The van der Waals surface area contributed by atoms with E-state index in [4.69, 9.17) is 33.8 Å². The second kappa shape index (κ2) is 20.2. The summed E-state index contributed by atoms with van der Waals surface area (Å²) >= 11 is 0. The highest BCUT2D eigenvalue weighted by Crippen LogP contribution is 2.37. The molecule has 1 aliphatic carbocycles. The van der Waals surface area contributed by atoms with E-state index in [1.807, 2.05) is 20.8 Å². The van der Waals surface area contributed by atoms with Crippen molar-refractivity contribution < 1.29 is 52.3 Å². The van der Waals surface area contributed by atoms with E-state index in [1.165, 1.54) is 45.5 Å². The van der Waals surface area contributed by atoms with Crippen LogP contribution in [-0.4, -0.2) is 93.5 Å². The van der Waals surface area contributed by atoms with Gasteiger partial charge in [0.2, 0.25) is 6.79 Å². The molecule has 1 fully saturated rings. The van der Waals surface area contributed by atoms with Crippen LogP contribution in [0.15, 0.2) is 54.9 Å². The normalized spacial score (nSPS) is 13.8. The molecular formula is C42H52FN7O10. The number of amidine groups is 1. The number of ether oxygens (including phenoxy) is 6. The van der Waals surface area contributed by atoms with E-state index in [2.05, 4.69) is 25.4 Å². The smallest absolute Gasteiger partial charge is 0.412 e. The summed E-state index contributed by atoms with van der Waals surface area (Å²) in [6.45, 7) is 7.49. The molecule has 1 saturated carbocycles. The molecule has 17 nitrogen and oxygen atoms in total. The lowest BCUT2D eigenvalue weighted by atomic mass is 9.90. The first kappa shape index (κ1) is 44.9. The molecule has 322 valence electrons. The number of halogens is 1. The van der Waals surface area contributed by atoms with Crippen molar-refractivity contribution in [2.24, 2.45) is 10.8 Å². The number of aromatic nitrogens is 5. The van der Waals surface area contributed by atoms with Gasteiger partial charge in [-0.15, -0.1) is 9.78 Å². The number of aliphatic hydroxyl groups excluding tert-OH is 1. The van der Waals surface area contributed by atoms with Gasteiger partial charge in [-0.3, -0.25) is 20.3 Å². The van der Waals surface area contributed by atoms with Crippen LogP contribution < -0.4 is 19.5 Å². The number of benzene rings is 2. The van der Waals surface area contributed by atoms with Crippen molar-refractivity contribution >= 4 is 23.9 Å². The van der Waals surface area contributed by atoms with Crippen LogP contribution in [0.4, 0.5) is 9.18 Å². The highest BCUT2D eigenvalue weighted by atomic mass is 19.1. The zero-order valence-electron chi connectivity index (χ0n) is 34.7. The van der Waals surface area contributed by atoms with Gasteiger partial charge in [0.05, 0.1) is 26.2 Å². The third-order valence-corrected chi connectivity index (χ3v) is 9.42. The van der Waals surface area contributed by atoms with Gasteiger partial charge in [0.1, 0.15) is 24.3 Å². The number of nitrogens with one attached hydrogen (secondary N) is 2. The van der Waals surface area contributed by atoms with Crippen molar-refractivity contribution in [2.45, 2.75) is 85.2 Å². The topological polar surface area (TPSA) is 219 Å². The fourth-order valence-corrected chi connectivity index (χ4v) is 6.07. The van der Waals surface area contributed by atoms with E-state index >= 15 is 4.39 Å². The van der Waals surface area contributed by atoms with Crippen molar-refractivity contribution in [1.29, 1.82) is 5.41 Å². The summed E-state index contributed by atoms with van der Waals surface area (Å²) in [5.74, 6) is -3.39. The van der Waals surface area contributed by atoms with Gasteiger partial charge in [-0.05, 0) is 69.1 Å². The number of rotatable bonds is 17. The van der Waals surface area contributed by atoms with Crippen LogP contribution in [-0.2, 0) is 30.2 Å². The van der Waals surface area contributed by atoms with Crippen molar-refractivity contribution in [2.75, 3.05) is 33.7 Å². The number of carbonyl (C=O) groups is 3. The van der Waals surface area contributed by atoms with Gasteiger partial charge in [0, 0.05) is 29.6 Å². The van der Waals surface area contributed by atoms with Crippen LogP contribution >= 0.6 is 0 Å². The highest BCUT2D eigenvalue weighted by Gasteiger charge is 2.41. The molecule has 1 aliphatic rings. The van der Waals surface area contributed by atoms with Gasteiger partial charge in [0.15, 0.2) is 22.8 Å². The number of amides is 1. The average molecular weight is 834 g/mol. The monoisotopic (exact) mass is 833 g/mol. The molecule has 5 rings (SSSR count). The van der Waals surface area contributed by atoms with Gasteiger partial charge in [-0.1, -0.05) is 51.5 Å². The first-order valence-electron chi connectivity index (χ1n) is 19.6. The van der Waals surface area contributed by atoms with Gasteiger partial charge < -0.3 is 33.5 Å². The van der Waals surface area contributed by atoms with E-state index in [0.29, 0.717) is 11.1 Å². The summed E-state index contributed by atoms with van der Waals surface area (Å²) in [5.41, 5.74) is -0.795. The summed E-state index contributed by atoms with van der Waals surface area (Å²) in [5, 5.41) is 24.9. The molecule has 0 spiro atoms. The van der Waals surface area contributed by atoms with Crippen LogP contribution in [0, 0.1) is 22.1 Å². The summed E-state index contributed by atoms with van der Waals surface area (Å²) < 4.78 is 50.7. The number of hydrogen-bond donors (Lipinski definition) is 3. The summed E-state index contributed by atoms with van der Waals surface area (Å²) in [4.78, 5) is 51.7. The van der Waals surface area contributed by atoms with Gasteiger partial charge in [-0.25, -0.2) is 19.2 Å². The van der Waals surface area contributed by atoms with Crippen molar-refractivity contribution in [3.05, 3.63) is 83.2 Å². The Hall–Kier alpha value is -6.17. The molecule has 0 saturated heterocycles. The second-order valence-corrected chi connectivity index (χ2v) is 15.9. The maximum atomic E-state index is 16.5. The number of alkyl carbamates (subject to hydrolysis) is 1. The van der Waals surface area contributed by atoms with Crippen molar-refractivity contribution in [3.8, 4) is 23.5 Å². The van der Waals surface area contributed by atoms with E-state index in [1.54, 1.807) is 30.3 Å². The Kier molecular flexibility index (Phi) is 15.1. The Morgan fingerprint density at radius 3 is 2.33 bits per heavy atom. The van der Waals surface area contributed by atoms with Crippen LogP contribution in [0.2, 0.25) is 0 Å². The first-order valence-corrected chi connectivity index (χ1v) is 19.6. The molecule has 0 radical (unpaired) electrons. The predicted octanol–water partition coefficient (Wildman–Crippen LogP) is 5.83. The number of methoxy groups -OCH3 is 1. The zero-order chi connectivity index (χ0) is 43.5. The molecule has 2 heterocycles. The zero-order valence-corrected chi connectivity index (χ0v) is 34.7. The Labute approximate surface area is 347 Å². The van der Waals surface area contributed by atoms with E-state index < -0.39 is 42.0 Å².